The van der Waals surface area contributed by atoms with E-state index in [-0.39, 0.29) is 6.04 Å². The summed E-state index contributed by atoms with van der Waals surface area (Å²) in [7, 11) is 0. The number of benzene rings is 1. The van der Waals surface area contributed by atoms with Crippen molar-refractivity contribution in [2.75, 3.05) is 11.9 Å². The fourth-order valence-corrected chi connectivity index (χ4v) is 1.89. The van der Waals surface area contributed by atoms with Crippen molar-refractivity contribution in [1.82, 2.24) is 4.98 Å². The molecule has 0 radical (unpaired) electrons. The Bertz CT molecular complexity index is 540. The average molecular weight is 257 g/mol. The quantitative estimate of drug-likeness (QED) is 0.863. The monoisotopic (exact) mass is 257 g/mol. The molecule has 0 aliphatic heterocycles. The Morgan fingerprint density at radius 2 is 2.05 bits per heavy atom. The molecule has 1 atom stereocenters. The highest BCUT2D eigenvalue weighted by atomic mass is 16.5. The minimum absolute atomic E-state index is 0.0389. The van der Waals surface area contributed by atoms with Gasteiger partial charge in [0.1, 0.15) is 0 Å². The Kier molecular flexibility index (Phi) is 4.36. The SMILES string of the molecule is CCOc1cccnc1Nc1ccccc1C(C)N. The van der Waals surface area contributed by atoms with Crippen LogP contribution in [-0.4, -0.2) is 11.6 Å². The van der Waals surface area contributed by atoms with Crippen LogP contribution in [0.5, 0.6) is 5.75 Å². The van der Waals surface area contributed by atoms with Crippen molar-refractivity contribution in [2.24, 2.45) is 5.73 Å². The van der Waals surface area contributed by atoms with Crippen LogP contribution in [0.2, 0.25) is 0 Å². The second-order valence-corrected chi connectivity index (χ2v) is 4.28. The lowest BCUT2D eigenvalue weighted by Crippen LogP contribution is -2.08. The van der Waals surface area contributed by atoms with Gasteiger partial charge in [0.05, 0.1) is 6.61 Å². The molecule has 0 amide bonds. The largest absolute Gasteiger partial charge is 0.490 e. The van der Waals surface area contributed by atoms with Gasteiger partial charge in [-0.1, -0.05) is 18.2 Å². The van der Waals surface area contributed by atoms with E-state index < -0.39 is 0 Å². The van der Waals surface area contributed by atoms with E-state index in [9.17, 15) is 0 Å². The fraction of sp³-hybridized carbons (Fsp3) is 0.267. The van der Waals surface area contributed by atoms with E-state index >= 15 is 0 Å². The molecule has 3 N–H and O–H groups in total. The molecule has 1 aromatic carbocycles. The summed E-state index contributed by atoms with van der Waals surface area (Å²) >= 11 is 0. The van der Waals surface area contributed by atoms with E-state index in [1.54, 1.807) is 6.20 Å². The smallest absolute Gasteiger partial charge is 0.173 e. The van der Waals surface area contributed by atoms with Crippen molar-refractivity contribution < 1.29 is 4.74 Å². The predicted molar refractivity (Wildman–Crippen MR) is 77.7 cm³/mol. The van der Waals surface area contributed by atoms with Gasteiger partial charge in [0.15, 0.2) is 11.6 Å². The summed E-state index contributed by atoms with van der Waals surface area (Å²) in [5.74, 6) is 1.45. The first-order valence-corrected chi connectivity index (χ1v) is 6.41. The Morgan fingerprint density at radius 3 is 2.79 bits per heavy atom. The van der Waals surface area contributed by atoms with E-state index in [1.165, 1.54) is 0 Å². The number of para-hydroxylation sites is 1. The van der Waals surface area contributed by atoms with Crippen LogP contribution in [0.15, 0.2) is 42.6 Å². The number of anilines is 2. The zero-order chi connectivity index (χ0) is 13.7. The number of nitrogens with one attached hydrogen (secondary N) is 1. The number of rotatable bonds is 5. The molecule has 0 spiro atoms. The molecule has 0 saturated carbocycles. The third-order valence-electron chi connectivity index (χ3n) is 2.77. The summed E-state index contributed by atoms with van der Waals surface area (Å²) in [6.45, 7) is 4.52. The summed E-state index contributed by atoms with van der Waals surface area (Å²) in [6, 6.07) is 11.7. The number of hydrogen-bond acceptors (Lipinski definition) is 4. The minimum Gasteiger partial charge on any atom is -0.490 e. The first-order chi connectivity index (χ1) is 9.22. The summed E-state index contributed by atoms with van der Waals surface area (Å²) in [5, 5.41) is 3.29. The van der Waals surface area contributed by atoms with Gasteiger partial charge in [-0.05, 0) is 37.6 Å². The molecule has 0 saturated heterocycles. The molecule has 1 heterocycles. The third kappa shape index (κ3) is 3.23. The van der Waals surface area contributed by atoms with Gasteiger partial charge in [-0.15, -0.1) is 0 Å². The van der Waals surface area contributed by atoms with Gasteiger partial charge in [0, 0.05) is 17.9 Å². The lowest BCUT2D eigenvalue weighted by Gasteiger charge is -2.15. The van der Waals surface area contributed by atoms with Crippen LogP contribution >= 0.6 is 0 Å². The zero-order valence-corrected chi connectivity index (χ0v) is 11.3. The molecule has 19 heavy (non-hydrogen) atoms. The molecule has 0 bridgehead atoms. The zero-order valence-electron chi connectivity index (χ0n) is 11.3. The number of nitrogens with zero attached hydrogens (tertiary/aromatic N) is 1. The van der Waals surface area contributed by atoms with Crippen LogP contribution in [0.1, 0.15) is 25.5 Å². The van der Waals surface area contributed by atoms with E-state index in [2.05, 4.69) is 10.3 Å². The molecule has 0 fully saturated rings. The maximum Gasteiger partial charge on any atom is 0.173 e. The van der Waals surface area contributed by atoms with Gasteiger partial charge in [0.2, 0.25) is 0 Å². The summed E-state index contributed by atoms with van der Waals surface area (Å²) in [6.07, 6.45) is 1.74. The summed E-state index contributed by atoms with van der Waals surface area (Å²) in [5.41, 5.74) is 7.98. The topological polar surface area (TPSA) is 60.2 Å². The number of nitrogens with two attached hydrogens (primary N) is 1. The van der Waals surface area contributed by atoms with Gasteiger partial charge >= 0.3 is 0 Å². The number of hydrogen-bond donors (Lipinski definition) is 2. The lowest BCUT2D eigenvalue weighted by atomic mass is 10.1. The summed E-state index contributed by atoms with van der Waals surface area (Å²) < 4.78 is 5.55. The lowest BCUT2D eigenvalue weighted by molar-refractivity contribution is 0.341. The van der Waals surface area contributed by atoms with Crippen molar-refractivity contribution in [3.63, 3.8) is 0 Å². The molecule has 1 aromatic heterocycles. The minimum atomic E-state index is -0.0389. The molecule has 100 valence electrons. The van der Waals surface area contributed by atoms with Crippen LogP contribution in [0.3, 0.4) is 0 Å². The maximum atomic E-state index is 5.97. The van der Waals surface area contributed by atoms with Crippen LogP contribution in [0.4, 0.5) is 11.5 Å². The van der Waals surface area contributed by atoms with Crippen LogP contribution in [0, 0.1) is 0 Å². The van der Waals surface area contributed by atoms with E-state index in [0.29, 0.717) is 12.4 Å². The second-order valence-electron chi connectivity index (χ2n) is 4.28. The molecular formula is C15H19N3O. The van der Waals surface area contributed by atoms with Crippen molar-refractivity contribution in [1.29, 1.82) is 0 Å². The van der Waals surface area contributed by atoms with Crippen molar-refractivity contribution in [3.05, 3.63) is 48.2 Å². The maximum absolute atomic E-state index is 5.97. The van der Waals surface area contributed by atoms with Gasteiger partial charge in [-0.2, -0.15) is 0 Å². The van der Waals surface area contributed by atoms with E-state index in [0.717, 1.165) is 17.0 Å². The molecule has 2 aromatic rings. The summed E-state index contributed by atoms with van der Waals surface area (Å²) in [4.78, 5) is 4.32. The number of pyridine rings is 1. The third-order valence-corrected chi connectivity index (χ3v) is 2.77. The van der Waals surface area contributed by atoms with Crippen molar-refractivity contribution >= 4 is 11.5 Å². The number of aromatic nitrogens is 1. The Balaban J connectivity index is 2.31. The highest BCUT2D eigenvalue weighted by Gasteiger charge is 2.09. The Morgan fingerprint density at radius 1 is 1.26 bits per heavy atom. The van der Waals surface area contributed by atoms with Gasteiger partial charge in [-0.25, -0.2) is 4.98 Å². The molecule has 0 aliphatic carbocycles. The number of ether oxygens (including phenoxy) is 1. The molecule has 4 heteroatoms. The highest BCUT2D eigenvalue weighted by molar-refractivity contribution is 5.65. The van der Waals surface area contributed by atoms with Crippen LogP contribution in [0.25, 0.3) is 0 Å². The van der Waals surface area contributed by atoms with Crippen LogP contribution in [-0.2, 0) is 0 Å². The van der Waals surface area contributed by atoms with Gasteiger partial charge in [0.25, 0.3) is 0 Å². The standard InChI is InChI=1S/C15H19N3O/c1-3-19-14-9-6-10-17-15(14)18-13-8-5-4-7-12(13)11(2)16/h4-11H,3,16H2,1-2H3,(H,17,18). The Hall–Kier alpha value is -2.07. The van der Waals surface area contributed by atoms with Crippen molar-refractivity contribution in [3.8, 4) is 5.75 Å². The second kappa shape index (κ2) is 6.20. The molecule has 0 aliphatic rings. The van der Waals surface area contributed by atoms with Crippen LogP contribution < -0.4 is 15.8 Å². The highest BCUT2D eigenvalue weighted by Crippen LogP contribution is 2.28. The molecule has 4 nitrogen and oxygen atoms in total. The van der Waals surface area contributed by atoms with E-state index in [1.807, 2.05) is 50.2 Å². The fourth-order valence-electron chi connectivity index (χ4n) is 1.89. The Labute approximate surface area is 113 Å². The van der Waals surface area contributed by atoms with Gasteiger partial charge in [-0.3, -0.25) is 0 Å². The first-order valence-electron chi connectivity index (χ1n) is 6.41. The molecule has 1 unspecified atom stereocenters. The average Bonchev–Trinajstić information content (AvgIpc) is 2.42. The van der Waals surface area contributed by atoms with Crippen molar-refractivity contribution in [2.45, 2.75) is 19.9 Å². The van der Waals surface area contributed by atoms with E-state index in [4.69, 9.17) is 10.5 Å². The molecule has 2 rings (SSSR count). The molecular weight excluding hydrogens is 238 g/mol. The predicted octanol–water partition coefficient (Wildman–Crippen LogP) is 3.24. The normalized spacial score (nSPS) is 11.9. The van der Waals surface area contributed by atoms with Gasteiger partial charge < -0.3 is 15.8 Å². The first kappa shape index (κ1) is 13.4.